The second-order valence-corrected chi connectivity index (χ2v) is 6.36. The molecule has 0 heterocycles. The predicted octanol–water partition coefficient (Wildman–Crippen LogP) is 5.86. The minimum atomic E-state index is -0.563. The Morgan fingerprint density at radius 2 is 1.88 bits per heavy atom. The molecule has 1 aliphatic rings. The van der Waals surface area contributed by atoms with Crippen molar-refractivity contribution < 1.29 is 19.0 Å². The highest BCUT2D eigenvalue weighted by Crippen LogP contribution is 2.34. The lowest BCUT2D eigenvalue weighted by molar-refractivity contribution is -0.114. The summed E-state index contributed by atoms with van der Waals surface area (Å²) in [6.07, 6.45) is 2.30. The normalized spacial score (nSPS) is 14.8. The van der Waals surface area contributed by atoms with E-state index in [4.69, 9.17) is 16.3 Å². The highest BCUT2D eigenvalue weighted by Gasteiger charge is 2.24. The Bertz CT molecular complexity index is 858. The first-order valence-corrected chi connectivity index (χ1v) is 8.59. The molecule has 0 saturated carbocycles. The summed E-state index contributed by atoms with van der Waals surface area (Å²) in [6, 6.07) is 9.55. The van der Waals surface area contributed by atoms with E-state index >= 15 is 0 Å². The Morgan fingerprint density at radius 3 is 2.56 bits per heavy atom. The molecular weight excluding hydrogens is 343 g/mol. The van der Waals surface area contributed by atoms with E-state index in [1.807, 2.05) is 13.0 Å². The molecule has 0 radical (unpaired) electrons. The van der Waals surface area contributed by atoms with Crippen molar-refractivity contribution in [2.75, 3.05) is 0 Å². The smallest absolute Gasteiger partial charge is 0.166 e. The molecule has 0 fully saturated rings. The molecule has 0 saturated heterocycles. The van der Waals surface area contributed by atoms with E-state index < -0.39 is 5.82 Å². The Morgan fingerprint density at radius 1 is 1.16 bits per heavy atom. The molecule has 0 bridgehead atoms. The van der Waals surface area contributed by atoms with Gasteiger partial charge in [0, 0.05) is 18.9 Å². The monoisotopic (exact) mass is 360 g/mol. The van der Waals surface area contributed by atoms with Gasteiger partial charge in [-0.1, -0.05) is 24.6 Å². The zero-order valence-corrected chi connectivity index (χ0v) is 14.6. The molecule has 0 amide bonds. The van der Waals surface area contributed by atoms with Crippen molar-refractivity contribution >= 4 is 23.0 Å². The molecular formula is C20H18ClFO3. The first kappa shape index (κ1) is 17.5. The van der Waals surface area contributed by atoms with Crippen LogP contribution < -0.4 is 4.74 Å². The third-order valence-electron chi connectivity index (χ3n) is 4.24. The quantitative estimate of drug-likeness (QED) is 0.743. The Kier molecular flexibility index (Phi) is 5.09. The molecule has 0 unspecified atom stereocenters. The van der Waals surface area contributed by atoms with Gasteiger partial charge in [0.15, 0.2) is 5.78 Å². The number of halogens is 2. The van der Waals surface area contributed by atoms with Crippen molar-refractivity contribution in [2.24, 2.45) is 0 Å². The van der Waals surface area contributed by atoms with Crippen LogP contribution >= 0.6 is 11.6 Å². The lowest BCUT2D eigenvalue weighted by atomic mass is 9.87. The Labute approximate surface area is 150 Å². The molecule has 2 aromatic carbocycles. The zero-order valence-electron chi connectivity index (χ0n) is 13.8. The number of ketones is 1. The van der Waals surface area contributed by atoms with Crippen LogP contribution in [0.4, 0.5) is 4.39 Å². The number of aryl methyl sites for hydroxylation is 1. The summed E-state index contributed by atoms with van der Waals surface area (Å²) in [5.74, 6) is 0.277. The predicted molar refractivity (Wildman–Crippen MR) is 95.7 cm³/mol. The zero-order chi connectivity index (χ0) is 18.0. The number of ether oxygens (including phenoxy) is 1. The number of hydrogen-bond acceptors (Lipinski definition) is 3. The van der Waals surface area contributed by atoms with Gasteiger partial charge in [0.2, 0.25) is 0 Å². The van der Waals surface area contributed by atoms with Gasteiger partial charge >= 0.3 is 0 Å². The van der Waals surface area contributed by atoms with Gasteiger partial charge in [0.1, 0.15) is 23.1 Å². The average Bonchev–Trinajstić information content (AvgIpc) is 2.58. The fraction of sp³-hybridized carbons (Fsp3) is 0.250. The number of benzene rings is 2. The Balaban J connectivity index is 2.00. The average molecular weight is 361 g/mol. The third kappa shape index (κ3) is 3.69. The highest BCUT2D eigenvalue weighted by molar-refractivity contribution is 6.30. The second-order valence-electron chi connectivity index (χ2n) is 5.95. The van der Waals surface area contributed by atoms with Crippen LogP contribution in [0.15, 0.2) is 42.2 Å². The van der Waals surface area contributed by atoms with E-state index in [-0.39, 0.29) is 16.6 Å². The second kappa shape index (κ2) is 7.28. The minimum absolute atomic E-state index is 0.0252. The molecule has 0 aromatic heterocycles. The summed E-state index contributed by atoms with van der Waals surface area (Å²) in [7, 11) is 0. The topological polar surface area (TPSA) is 46.5 Å². The number of rotatable bonds is 4. The number of hydrogen-bond donors (Lipinski definition) is 1. The van der Waals surface area contributed by atoms with Crippen molar-refractivity contribution in [3.63, 3.8) is 0 Å². The van der Waals surface area contributed by atoms with Gasteiger partial charge in [-0.2, -0.15) is 0 Å². The van der Waals surface area contributed by atoms with Crippen LogP contribution in [0, 0.1) is 5.82 Å². The van der Waals surface area contributed by atoms with E-state index in [1.54, 1.807) is 18.2 Å². The van der Waals surface area contributed by atoms with Crippen molar-refractivity contribution in [1.82, 2.24) is 0 Å². The van der Waals surface area contributed by atoms with Crippen LogP contribution in [-0.2, 0) is 11.2 Å². The number of Topliss-reactive ketones (excluding diaryl/α,β-unsaturated/α-hetero) is 1. The van der Waals surface area contributed by atoms with Crippen LogP contribution in [0.25, 0.3) is 5.57 Å². The molecule has 5 heteroatoms. The standard InChI is InChI=1S/C20H18ClFO3/c1-2-12-6-7-13(25-14-8-9-16(21)17(22)11-14)10-15(12)20-18(23)4-3-5-19(20)24/h6-11,23H,2-5H2,1H3. The van der Waals surface area contributed by atoms with Gasteiger partial charge in [-0.25, -0.2) is 4.39 Å². The van der Waals surface area contributed by atoms with Gasteiger partial charge in [-0.05, 0) is 48.2 Å². The van der Waals surface area contributed by atoms with Crippen LogP contribution in [-0.4, -0.2) is 10.9 Å². The number of allylic oxidation sites excluding steroid dienone is 2. The molecule has 3 nitrogen and oxygen atoms in total. The van der Waals surface area contributed by atoms with Gasteiger partial charge in [0.05, 0.1) is 10.6 Å². The number of aliphatic hydroxyl groups is 1. The maximum atomic E-state index is 13.6. The van der Waals surface area contributed by atoms with Gasteiger partial charge < -0.3 is 9.84 Å². The molecule has 0 atom stereocenters. The molecule has 130 valence electrons. The summed E-state index contributed by atoms with van der Waals surface area (Å²) in [6.45, 7) is 1.98. The van der Waals surface area contributed by atoms with E-state index in [2.05, 4.69) is 0 Å². The first-order chi connectivity index (χ1) is 12.0. The van der Waals surface area contributed by atoms with Gasteiger partial charge in [-0.3, -0.25) is 4.79 Å². The summed E-state index contributed by atoms with van der Waals surface area (Å²) < 4.78 is 19.3. The summed E-state index contributed by atoms with van der Waals surface area (Å²) in [5, 5.41) is 10.2. The van der Waals surface area contributed by atoms with Crippen molar-refractivity contribution in [1.29, 1.82) is 0 Å². The number of carbonyl (C=O) groups excluding carboxylic acids is 1. The maximum absolute atomic E-state index is 13.6. The SMILES string of the molecule is CCc1ccc(Oc2ccc(Cl)c(F)c2)cc1C1=C(O)CCCC1=O. The third-order valence-corrected chi connectivity index (χ3v) is 4.55. The summed E-state index contributed by atoms with van der Waals surface area (Å²) in [5.41, 5.74) is 2.00. The van der Waals surface area contributed by atoms with Gasteiger partial charge in [0.25, 0.3) is 0 Å². The first-order valence-electron chi connectivity index (χ1n) is 8.21. The number of carbonyl (C=O) groups is 1. The van der Waals surface area contributed by atoms with Gasteiger partial charge in [-0.15, -0.1) is 0 Å². The minimum Gasteiger partial charge on any atom is -0.512 e. The fourth-order valence-electron chi connectivity index (χ4n) is 2.97. The largest absolute Gasteiger partial charge is 0.512 e. The lowest BCUT2D eigenvalue weighted by Gasteiger charge is -2.18. The maximum Gasteiger partial charge on any atom is 0.166 e. The molecule has 1 aliphatic carbocycles. The molecule has 25 heavy (non-hydrogen) atoms. The van der Waals surface area contributed by atoms with Crippen LogP contribution in [0.5, 0.6) is 11.5 Å². The van der Waals surface area contributed by atoms with Crippen LogP contribution in [0.1, 0.15) is 37.3 Å². The van der Waals surface area contributed by atoms with Crippen molar-refractivity contribution in [3.8, 4) is 11.5 Å². The van der Waals surface area contributed by atoms with Crippen LogP contribution in [0.3, 0.4) is 0 Å². The Hall–Kier alpha value is -2.33. The molecule has 3 rings (SSSR count). The lowest BCUT2D eigenvalue weighted by Crippen LogP contribution is -2.12. The summed E-state index contributed by atoms with van der Waals surface area (Å²) >= 11 is 5.68. The molecule has 0 spiro atoms. The molecule has 0 aliphatic heterocycles. The highest BCUT2D eigenvalue weighted by atomic mass is 35.5. The van der Waals surface area contributed by atoms with E-state index in [9.17, 15) is 14.3 Å². The van der Waals surface area contributed by atoms with E-state index in [1.165, 1.54) is 12.1 Å². The van der Waals surface area contributed by atoms with Crippen molar-refractivity contribution in [3.05, 3.63) is 64.1 Å². The van der Waals surface area contributed by atoms with Crippen LogP contribution in [0.2, 0.25) is 5.02 Å². The fourth-order valence-corrected chi connectivity index (χ4v) is 3.09. The summed E-state index contributed by atoms with van der Waals surface area (Å²) in [4.78, 5) is 12.3. The molecule has 2 aromatic rings. The number of aliphatic hydroxyl groups excluding tert-OH is 1. The van der Waals surface area contributed by atoms with E-state index in [0.717, 1.165) is 12.0 Å². The van der Waals surface area contributed by atoms with E-state index in [0.29, 0.717) is 41.9 Å². The molecule has 1 N–H and O–H groups in total. The van der Waals surface area contributed by atoms with Crippen molar-refractivity contribution in [2.45, 2.75) is 32.6 Å².